The number of nitrogens with two attached hydrogens (primary N) is 1. The first kappa shape index (κ1) is 25.3. The average molecular weight is 516 g/mol. The number of hydrogen-bond donors (Lipinski definition) is 1. The standard InChI is InChI=1S/C30H27F2N3O3/c1-19-14-23(21-4-6-22(7-5-21)29(37)35-13-12-30(31,32)18-35)15-24-16-26(38-28(19)24)10-9-25(36)8-2-20-3-11-27(33)34-17-20/h2-8,11,14-17H,9-10,12-13,18H2,1H3,(H2,33,34)/b8-2+. The molecule has 0 unspecified atom stereocenters. The quantitative estimate of drug-likeness (QED) is 0.301. The zero-order valence-electron chi connectivity index (χ0n) is 20.9. The van der Waals surface area contributed by atoms with Gasteiger partial charge in [-0.1, -0.05) is 12.1 Å². The van der Waals surface area contributed by atoms with E-state index in [1.807, 2.05) is 37.3 Å². The number of aromatic nitrogens is 1. The molecule has 2 aromatic carbocycles. The first-order valence-electron chi connectivity index (χ1n) is 12.4. The number of benzene rings is 2. The summed E-state index contributed by atoms with van der Waals surface area (Å²) < 4.78 is 33.0. The van der Waals surface area contributed by atoms with Gasteiger partial charge in [-0.3, -0.25) is 9.59 Å². The molecule has 1 fully saturated rings. The van der Waals surface area contributed by atoms with E-state index in [4.69, 9.17) is 10.2 Å². The van der Waals surface area contributed by atoms with Crippen LogP contribution in [0.2, 0.25) is 0 Å². The molecule has 0 saturated carbocycles. The number of rotatable bonds is 7. The number of ketones is 1. The molecule has 38 heavy (non-hydrogen) atoms. The van der Waals surface area contributed by atoms with E-state index in [9.17, 15) is 18.4 Å². The van der Waals surface area contributed by atoms with Gasteiger partial charge >= 0.3 is 0 Å². The summed E-state index contributed by atoms with van der Waals surface area (Å²) >= 11 is 0. The number of furan rings is 1. The number of pyridine rings is 1. The number of carbonyl (C=O) groups excluding carboxylic acids is 2. The third-order valence-corrected chi connectivity index (χ3v) is 6.66. The molecule has 0 spiro atoms. The molecule has 2 aromatic heterocycles. The number of fused-ring (bicyclic) bond motifs is 1. The normalized spacial score (nSPS) is 15.0. The number of alkyl halides is 2. The second-order valence-electron chi connectivity index (χ2n) is 9.65. The Morgan fingerprint density at radius 2 is 1.89 bits per heavy atom. The van der Waals surface area contributed by atoms with Crippen LogP contribution in [-0.4, -0.2) is 40.6 Å². The van der Waals surface area contributed by atoms with Crippen molar-refractivity contribution >= 4 is 34.6 Å². The molecule has 0 aliphatic carbocycles. The smallest absolute Gasteiger partial charge is 0.267 e. The highest BCUT2D eigenvalue weighted by molar-refractivity contribution is 5.95. The largest absolute Gasteiger partial charge is 0.461 e. The van der Waals surface area contributed by atoms with Gasteiger partial charge < -0.3 is 15.1 Å². The van der Waals surface area contributed by atoms with Crippen molar-refractivity contribution in [3.8, 4) is 11.1 Å². The number of nitrogen functional groups attached to an aromatic ring is 1. The van der Waals surface area contributed by atoms with Crippen molar-refractivity contribution in [3.63, 3.8) is 0 Å². The molecule has 1 amide bonds. The highest BCUT2D eigenvalue weighted by atomic mass is 19.3. The van der Waals surface area contributed by atoms with Gasteiger partial charge in [-0.2, -0.15) is 0 Å². The van der Waals surface area contributed by atoms with Crippen LogP contribution in [0, 0.1) is 6.92 Å². The topological polar surface area (TPSA) is 89.4 Å². The Bertz CT molecular complexity index is 1520. The van der Waals surface area contributed by atoms with Gasteiger partial charge in [-0.05, 0) is 83.8 Å². The zero-order chi connectivity index (χ0) is 26.9. The third kappa shape index (κ3) is 5.64. The summed E-state index contributed by atoms with van der Waals surface area (Å²) in [5, 5.41) is 0.922. The molecule has 1 saturated heterocycles. The molecule has 1 aliphatic heterocycles. The van der Waals surface area contributed by atoms with E-state index in [0.717, 1.165) is 39.0 Å². The maximum absolute atomic E-state index is 13.5. The molecule has 0 radical (unpaired) electrons. The fourth-order valence-electron chi connectivity index (χ4n) is 4.60. The van der Waals surface area contributed by atoms with Crippen LogP contribution >= 0.6 is 0 Å². The van der Waals surface area contributed by atoms with E-state index in [1.165, 1.54) is 11.0 Å². The van der Waals surface area contributed by atoms with Crippen molar-refractivity contribution in [2.45, 2.75) is 32.1 Å². The lowest BCUT2D eigenvalue weighted by atomic mass is 10.00. The molecular weight excluding hydrogens is 488 g/mol. The Morgan fingerprint density at radius 1 is 1.11 bits per heavy atom. The number of anilines is 1. The second-order valence-corrected chi connectivity index (χ2v) is 9.65. The third-order valence-electron chi connectivity index (χ3n) is 6.66. The van der Waals surface area contributed by atoms with Gasteiger partial charge in [-0.15, -0.1) is 0 Å². The molecule has 1 aliphatic rings. The van der Waals surface area contributed by atoms with E-state index in [1.54, 1.807) is 36.5 Å². The number of hydrogen-bond acceptors (Lipinski definition) is 5. The summed E-state index contributed by atoms with van der Waals surface area (Å²) in [5.41, 5.74) is 10.3. The number of halogens is 2. The molecule has 4 aromatic rings. The summed E-state index contributed by atoms with van der Waals surface area (Å²) in [7, 11) is 0. The number of aryl methyl sites for hydroxylation is 2. The Hall–Kier alpha value is -4.33. The van der Waals surface area contributed by atoms with E-state index in [-0.39, 0.29) is 24.7 Å². The molecule has 3 heterocycles. The predicted molar refractivity (Wildman–Crippen MR) is 143 cm³/mol. The summed E-state index contributed by atoms with van der Waals surface area (Å²) in [6, 6.07) is 16.4. The fraction of sp³-hybridized carbons (Fsp3) is 0.233. The number of nitrogens with zero attached hydrogens (tertiary/aromatic N) is 2. The van der Waals surface area contributed by atoms with Gasteiger partial charge in [0.2, 0.25) is 0 Å². The van der Waals surface area contributed by atoms with Crippen molar-refractivity contribution in [2.24, 2.45) is 0 Å². The van der Waals surface area contributed by atoms with Gasteiger partial charge in [0, 0.05) is 43.0 Å². The molecule has 5 rings (SSSR count). The van der Waals surface area contributed by atoms with Crippen LogP contribution < -0.4 is 5.73 Å². The second kappa shape index (κ2) is 10.2. The summed E-state index contributed by atoms with van der Waals surface area (Å²) in [4.78, 5) is 30.1. The predicted octanol–water partition coefficient (Wildman–Crippen LogP) is 6.08. The van der Waals surface area contributed by atoms with Crippen molar-refractivity contribution in [1.29, 1.82) is 0 Å². The minimum Gasteiger partial charge on any atom is -0.461 e. The lowest BCUT2D eigenvalue weighted by molar-refractivity contribution is -0.114. The van der Waals surface area contributed by atoms with Gasteiger partial charge in [0.05, 0.1) is 6.54 Å². The fourth-order valence-corrected chi connectivity index (χ4v) is 4.60. The van der Waals surface area contributed by atoms with Gasteiger partial charge in [-0.25, -0.2) is 13.8 Å². The highest BCUT2D eigenvalue weighted by Gasteiger charge is 2.40. The minimum absolute atomic E-state index is 0.0213. The molecule has 0 atom stereocenters. The van der Waals surface area contributed by atoms with Crippen molar-refractivity contribution in [3.05, 3.63) is 89.3 Å². The van der Waals surface area contributed by atoms with Crippen LogP contribution in [-0.2, 0) is 11.2 Å². The number of carbonyl (C=O) groups is 2. The average Bonchev–Trinajstić information content (AvgIpc) is 3.49. The van der Waals surface area contributed by atoms with Crippen molar-refractivity contribution in [2.75, 3.05) is 18.8 Å². The molecule has 0 bridgehead atoms. The molecule has 194 valence electrons. The van der Waals surface area contributed by atoms with Crippen LogP contribution in [0.1, 0.15) is 40.1 Å². The zero-order valence-corrected chi connectivity index (χ0v) is 20.9. The molecular formula is C30H27F2N3O3. The maximum atomic E-state index is 13.5. The van der Waals surface area contributed by atoms with E-state index < -0.39 is 12.5 Å². The van der Waals surface area contributed by atoms with E-state index in [0.29, 0.717) is 24.2 Å². The number of likely N-dealkylation sites (tertiary alicyclic amines) is 1. The van der Waals surface area contributed by atoms with Gasteiger partial charge in [0.25, 0.3) is 11.8 Å². The lowest BCUT2D eigenvalue weighted by Gasteiger charge is -2.16. The summed E-state index contributed by atoms with van der Waals surface area (Å²) in [5.74, 6) is -2.07. The molecule has 6 nitrogen and oxygen atoms in total. The Kier molecular flexibility index (Phi) is 6.80. The van der Waals surface area contributed by atoms with Gasteiger partial charge in [0.1, 0.15) is 17.2 Å². The van der Waals surface area contributed by atoms with Crippen molar-refractivity contribution in [1.82, 2.24) is 9.88 Å². The van der Waals surface area contributed by atoms with Crippen LogP contribution in [0.3, 0.4) is 0 Å². The Balaban J connectivity index is 1.26. The summed E-state index contributed by atoms with van der Waals surface area (Å²) in [6.07, 6.45) is 5.34. The Morgan fingerprint density at radius 3 is 2.58 bits per heavy atom. The molecule has 8 heteroatoms. The van der Waals surface area contributed by atoms with Crippen LogP contribution in [0.5, 0.6) is 0 Å². The van der Waals surface area contributed by atoms with Crippen molar-refractivity contribution < 1.29 is 22.8 Å². The minimum atomic E-state index is -2.81. The first-order chi connectivity index (χ1) is 18.2. The first-order valence-corrected chi connectivity index (χ1v) is 12.4. The number of allylic oxidation sites excluding steroid dienone is 1. The SMILES string of the molecule is Cc1cc(-c2ccc(C(=O)N3CCC(F)(F)C3)cc2)cc2cc(CCC(=O)/C=C/c3ccc(N)nc3)oc12. The van der Waals surface area contributed by atoms with Crippen LogP contribution in [0.25, 0.3) is 28.2 Å². The highest BCUT2D eigenvalue weighted by Crippen LogP contribution is 2.31. The van der Waals surface area contributed by atoms with Gasteiger partial charge in [0.15, 0.2) is 5.78 Å². The summed E-state index contributed by atoms with van der Waals surface area (Å²) in [6.45, 7) is 1.49. The number of amides is 1. The lowest BCUT2D eigenvalue weighted by Crippen LogP contribution is -2.31. The Labute approximate surface area is 218 Å². The maximum Gasteiger partial charge on any atom is 0.267 e. The van der Waals surface area contributed by atoms with E-state index in [2.05, 4.69) is 4.98 Å². The van der Waals surface area contributed by atoms with E-state index >= 15 is 0 Å². The molecule has 2 N–H and O–H groups in total. The van der Waals surface area contributed by atoms with Crippen LogP contribution in [0.4, 0.5) is 14.6 Å². The van der Waals surface area contributed by atoms with Crippen LogP contribution in [0.15, 0.2) is 71.3 Å². The monoisotopic (exact) mass is 515 g/mol.